The van der Waals surface area contributed by atoms with Crippen LogP contribution in [0.3, 0.4) is 0 Å². The van der Waals surface area contributed by atoms with E-state index in [2.05, 4.69) is 0 Å². The van der Waals surface area contributed by atoms with Gasteiger partial charge in [-0.2, -0.15) is 0 Å². The Balaban J connectivity index is 1.55. The molecule has 1 atom stereocenters. The highest BCUT2D eigenvalue weighted by Crippen LogP contribution is 2.57. The third-order valence-electron chi connectivity index (χ3n) is 7.13. The summed E-state index contributed by atoms with van der Waals surface area (Å²) in [5.74, 6) is 3.60. The molecule has 1 amide bonds. The smallest absolute Gasteiger partial charge is 0.226 e. The molecule has 5 rings (SSSR count). The Kier molecular flexibility index (Phi) is 3.21. The zero-order chi connectivity index (χ0) is 15.7. The highest BCUT2D eigenvalue weighted by atomic mass is 32.2. The molecule has 0 aromatic heterocycles. The number of carbonyl (C=O) groups is 1. The zero-order valence-electron chi connectivity index (χ0n) is 13.6. The zero-order valence-corrected chi connectivity index (χ0v) is 14.4. The van der Waals surface area contributed by atoms with Crippen molar-refractivity contribution in [1.82, 2.24) is 4.90 Å². The Morgan fingerprint density at radius 1 is 1.05 bits per heavy atom. The maximum Gasteiger partial charge on any atom is 0.226 e. The average Bonchev–Trinajstić information content (AvgIpc) is 2.71. The molecule has 5 aliphatic rings. The first-order valence-corrected chi connectivity index (χ1v) is 10.6. The molecule has 124 valence electrons. The Labute approximate surface area is 133 Å². The van der Waals surface area contributed by atoms with E-state index in [1.807, 2.05) is 18.9 Å². The van der Waals surface area contributed by atoms with Crippen LogP contribution >= 0.6 is 0 Å². The van der Waals surface area contributed by atoms with Gasteiger partial charge in [0.05, 0.1) is 17.0 Å². The van der Waals surface area contributed by atoms with Gasteiger partial charge in [0, 0.05) is 13.0 Å². The van der Waals surface area contributed by atoms with Gasteiger partial charge < -0.3 is 4.90 Å². The second-order valence-corrected chi connectivity index (χ2v) is 10.9. The van der Waals surface area contributed by atoms with Crippen LogP contribution < -0.4 is 0 Å². The van der Waals surface area contributed by atoms with Crippen LogP contribution in [0.15, 0.2) is 0 Å². The van der Waals surface area contributed by atoms with Crippen LogP contribution in [-0.2, 0) is 14.6 Å². The summed E-state index contributed by atoms with van der Waals surface area (Å²) in [7, 11) is -1.14. The lowest BCUT2D eigenvalue weighted by Gasteiger charge is -2.55. The van der Waals surface area contributed by atoms with Crippen molar-refractivity contribution in [3.8, 4) is 0 Å². The summed E-state index contributed by atoms with van der Waals surface area (Å²) in [5.41, 5.74) is -0.495. The van der Waals surface area contributed by atoms with Crippen molar-refractivity contribution in [2.24, 2.45) is 29.6 Å². The number of hydrogen-bond acceptors (Lipinski definition) is 3. The predicted molar refractivity (Wildman–Crippen MR) is 85.0 cm³/mol. The van der Waals surface area contributed by atoms with Crippen LogP contribution in [-0.4, -0.2) is 43.3 Å². The SMILES string of the molecule is CN(C(=O)C1C2CC3CC(C2)CC1C3)C1(C)CCS(=O)(=O)C1. The molecule has 0 aromatic carbocycles. The standard InChI is InChI=1S/C17H27NO3S/c1-17(3-4-22(20,21)10-17)18(2)16(19)15-13-6-11-5-12(8-13)9-14(15)7-11/h11-15H,3-10H2,1-2H3. The first kappa shape index (κ1) is 15.0. The minimum absolute atomic E-state index is 0.134. The molecule has 5 heteroatoms. The van der Waals surface area contributed by atoms with Crippen LogP contribution in [0.5, 0.6) is 0 Å². The molecule has 0 spiro atoms. The monoisotopic (exact) mass is 325 g/mol. The van der Waals surface area contributed by atoms with Gasteiger partial charge in [-0.05, 0) is 69.1 Å². The third kappa shape index (κ3) is 2.22. The topological polar surface area (TPSA) is 54.5 Å². The molecule has 22 heavy (non-hydrogen) atoms. The van der Waals surface area contributed by atoms with Gasteiger partial charge in [-0.25, -0.2) is 8.42 Å². The Morgan fingerprint density at radius 3 is 2.05 bits per heavy atom. The van der Waals surface area contributed by atoms with Crippen molar-refractivity contribution in [2.75, 3.05) is 18.6 Å². The van der Waals surface area contributed by atoms with Gasteiger partial charge in [0.2, 0.25) is 5.91 Å². The van der Waals surface area contributed by atoms with Crippen molar-refractivity contribution in [3.05, 3.63) is 0 Å². The van der Waals surface area contributed by atoms with Crippen molar-refractivity contribution in [3.63, 3.8) is 0 Å². The second kappa shape index (κ2) is 4.71. The maximum absolute atomic E-state index is 13.2. The van der Waals surface area contributed by atoms with E-state index in [4.69, 9.17) is 0 Å². The summed E-state index contributed by atoms with van der Waals surface area (Å²) in [6.07, 6.45) is 6.89. The first-order valence-electron chi connectivity index (χ1n) is 8.75. The van der Waals surface area contributed by atoms with Crippen LogP contribution in [0, 0.1) is 29.6 Å². The van der Waals surface area contributed by atoms with Gasteiger partial charge in [0.15, 0.2) is 9.84 Å². The molecule has 4 bridgehead atoms. The van der Waals surface area contributed by atoms with Crippen LogP contribution in [0.25, 0.3) is 0 Å². The van der Waals surface area contributed by atoms with Crippen LogP contribution in [0.1, 0.15) is 45.4 Å². The van der Waals surface area contributed by atoms with E-state index in [0.29, 0.717) is 18.3 Å². The minimum atomic E-state index is -2.98. The molecule has 0 radical (unpaired) electrons. The molecule has 1 heterocycles. The number of rotatable bonds is 2. The molecule has 0 aromatic rings. The summed E-state index contributed by atoms with van der Waals surface area (Å²) in [4.78, 5) is 15.0. The van der Waals surface area contributed by atoms with E-state index in [1.165, 1.54) is 32.1 Å². The van der Waals surface area contributed by atoms with Crippen molar-refractivity contribution in [1.29, 1.82) is 0 Å². The van der Waals surface area contributed by atoms with Gasteiger partial charge in [-0.3, -0.25) is 4.79 Å². The summed E-state index contributed by atoms with van der Waals surface area (Å²) < 4.78 is 23.7. The lowest BCUT2D eigenvalue weighted by molar-refractivity contribution is -0.152. The van der Waals surface area contributed by atoms with Gasteiger partial charge in [0.25, 0.3) is 0 Å². The van der Waals surface area contributed by atoms with E-state index < -0.39 is 15.4 Å². The van der Waals surface area contributed by atoms with Crippen molar-refractivity contribution < 1.29 is 13.2 Å². The summed E-state index contributed by atoms with van der Waals surface area (Å²) in [6, 6.07) is 0. The lowest BCUT2D eigenvalue weighted by atomic mass is 9.51. The second-order valence-electron chi connectivity index (χ2n) is 8.69. The minimum Gasteiger partial charge on any atom is -0.339 e. The van der Waals surface area contributed by atoms with E-state index in [0.717, 1.165) is 11.8 Å². The number of nitrogens with zero attached hydrogens (tertiary/aromatic N) is 1. The molecule has 0 N–H and O–H groups in total. The predicted octanol–water partition coefficient (Wildman–Crippen LogP) is 2.09. The van der Waals surface area contributed by atoms with Crippen LogP contribution in [0.4, 0.5) is 0 Å². The lowest BCUT2D eigenvalue weighted by Crippen LogP contribution is -2.56. The van der Waals surface area contributed by atoms with Gasteiger partial charge >= 0.3 is 0 Å². The van der Waals surface area contributed by atoms with Gasteiger partial charge in [0.1, 0.15) is 0 Å². The number of hydrogen-bond donors (Lipinski definition) is 0. The van der Waals surface area contributed by atoms with E-state index in [1.54, 1.807) is 0 Å². The Morgan fingerprint density at radius 2 is 1.59 bits per heavy atom. The molecule has 1 saturated heterocycles. The molecule has 4 nitrogen and oxygen atoms in total. The molecule has 5 fully saturated rings. The molecular formula is C17H27NO3S. The van der Waals surface area contributed by atoms with Crippen molar-refractivity contribution >= 4 is 15.7 Å². The summed E-state index contributed by atoms with van der Waals surface area (Å²) in [6.45, 7) is 1.95. The first-order chi connectivity index (χ1) is 10.3. The number of carbonyl (C=O) groups excluding carboxylic acids is 1. The summed E-state index contributed by atoms with van der Waals surface area (Å²) >= 11 is 0. The fourth-order valence-corrected chi connectivity index (χ4v) is 8.26. The van der Waals surface area contributed by atoms with E-state index in [9.17, 15) is 13.2 Å². The largest absolute Gasteiger partial charge is 0.339 e. The Bertz CT molecular complexity index is 571. The quantitative estimate of drug-likeness (QED) is 0.781. The number of sulfone groups is 1. The molecular weight excluding hydrogens is 298 g/mol. The fourth-order valence-electron chi connectivity index (χ4n) is 6.08. The third-order valence-corrected chi connectivity index (χ3v) is 9.02. The molecule has 1 unspecified atom stereocenters. The van der Waals surface area contributed by atoms with Crippen molar-refractivity contribution in [2.45, 2.75) is 51.0 Å². The highest BCUT2D eigenvalue weighted by molar-refractivity contribution is 7.91. The van der Waals surface area contributed by atoms with E-state index >= 15 is 0 Å². The van der Waals surface area contributed by atoms with Gasteiger partial charge in [-0.1, -0.05) is 0 Å². The normalized spacial score (nSPS) is 48.5. The fraction of sp³-hybridized carbons (Fsp3) is 0.941. The number of amides is 1. The summed E-state index contributed by atoms with van der Waals surface area (Å²) in [5, 5.41) is 0. The Hall–Kier alpha value is -0.580. The van der Waals surface area contributed by atoms with Gasteiger partial charge in [-0.15, -0.1) is 0 Å². The molecule has 1 aliphatic heterocycles. The van der Waals surface area contributed by atoms with Crippen LogP contribution in [0.2, 0.25) is 0 Å². The maximum atomic E-state index is 13.2. The molecule has 4 saturated carbocycles. The molecule has 4 aliphatic carbocycles. The highest BCUT2D eigenvalue weighted by Gasteiger charge is 2.53. The van der Waals surface area contributed by atoms with E-state index in [-0.39, 0.29) is 23.3 Å². The average molecular weight is 325 g/mol.